The van der Waals surface area contributed by atoms with Gasteiger partial charge in [0.2, 0.25) is 10.0 Å². The van der Waals surface area contributed by atoms with E-state index >= 15 is 0 Å². The first-order chi connectivity index (χ1) is 11.4. The van der Waals surface area contributed by atoms with Crippen LogP contribution in [-0.2, 0) is 14.8 Å². The van der Waals surface area contributed by atoms with Gasteiger partial charge in [0, 0.05) is 13.7 Å². The van der Waals surface area contributed by atoms with Gasteiger partial charge in [0.15, 0.2) is 0 Å². The molecule has 0 saturated carbocycles. The number of ether oxygens (including phenoxy) is 2. The lowest BCUT2D eigenvalue weighted by atomic mass is 9.99. The van der Waals surface area contributed by atoms with Gasteiger partial charge in [-0.2, -0.15) is 0 Å². The van der Waals surface area contributed by atoms with E-state index in [9.17, 15) is 8.42 Å². The van der Waals surface area contributed by atoms with Crippen molar-refractivity contribution in [2.24, 2.45) is 5.92 Å². The molecular formula is C17H28N2O4S. The standard InChI is InChI=1S/C17H28N2O4S/c1-14(2)11-23-15-5-7-16(8-6-15)24(20,21)19-12-17(13-22-3)9-4-10-18-17/h5-8,14,18-19H,4,9-13H2,1-3H3. The summed E-state index contributed by atoms with van der Waals surface area (Å²) < 4.78 is 38.5. The van der Waals surface area contributed by atoms with Crippen LogP contribution in [0.1, 0.15) is 26.7 Å². The van der Waals surface area contributed by atoms with Gasteiger partial charge in [-0.25, -0.2) is 13.1 Å². The summed E-state index contributed by atoms with van der Waals surface area (Å²) in [5.41, 5.74) is -0.317. The Morgan fingerprint density at radius 3 is 2.54 bits per heavy atom. The molecule has 1 atom stereocenters. The Labute approximate surface area is 145 Å². The summed E-state index contributed by atoms with van der Waals surface area (Å²) in [4.78, 5) is 0.241. The minimum atomic E-state index is -3.55. The molecule has 24 heavy (non-hydrogen) atoms. The van der Waals surface area contributed by atoms with Crippen LogP contribution in [0.4, 0.5) is 0 Å². The fraction of sp³-hybridized carbons (Fsp3) is 0.647. The molecule has 136 valence electrons. The van der Waals surface area contributed by atoms with Crippen LogP contribution in [0.5, 0.6) is 5.75 Å². The average Bonchev–Trinajstić information content (AvgIpc) is 3.01. The van der Waals surface area contributed by atoms with Crippen LogP contribution >= 0.6 is 0 Å². The first kappa shape index (κ1) is 19.2. The fourth-order valence-electron chi connectivity index (χ4n) is 2.76. The monoisotopic (exact) mass is 356 g/mol. The molecule has 1 aromatic rings. The highest BCUT2D eigenvalue weighted by Crippen LogP contribution is 2.21. The number of benzene rings is 1. The van der Waals surface area contributed by atoms with Gasteiger partial charge in [0.05, 0.1) is 23.6 Å². The van der Waals surface area contributed by atoms with Gasteiger partial charge < -0.3 is 14.8 Å². The van der Waals surface area contributed by atoms with Crippen molar-refractivity contribution in [3.05, 3.63) is 24.3 Å². The number of hydrogen-bond donors (Lipinski definition) is 2. The van der Waals surface area contributed by atoms with Crippen LogP contribution in [0.2, 0.25) is 0 Å². The molecule has 0 amide bonds. The van der Waals surface area contributed by atoms with E-state index in [1.165, 1.54) is 0 Å². The Hall–Kier alpha value is -1.15. The van der Waals surface area contributed by atoms with Crippen LogP contribution in [0.3, 0.4) is 0 Å². The number of nitrogens with one attached hydrogen (secondary N) is 2. The van der Waals surface area contributed by atoms with Gasteiger partial charge in [0.1, 0.15) is 5.75 Å². The van der Waals surface area contributed by atoms with E-state index in [4.69, 9.17) is 9.47 Å². The first-order valence-corrected chi connectivity index (χ1v) is 9.82. The van der Waals surface area contributed by atoms with Crippen molar-refractivity contribution in [3.63, 3.8) is 0 Å². The van der Waals surface area contributed by atoms with Gasteiger partial charge in [-0.1, -0.05) is 13.8 Å². The molecule has 2 N–H and O–H groups in total. The van der Waals surface area contributed by atoms with Crippen LogP contribution in [0, 0.1) is 5.92 Å². The SMILES string of the molecule is COCC1(CNS(=O)(=O)c2ccc(OCC(C)C)cc2)CCCN1. The highest BCUT2D eigenvalue weighted by atomic mass is 32.2. The zero-order valence-electron chi connectivity index (χ0n) is 14.7. The minimum Gasteiger partial charge on any atom is -0.493 e. The summed E-state index contributed by atoms with van der Waals surface area (Å²) in [5.74, 6) is 1.10. The van der Waals surface area contributed by atoms with Gasteiger partial charge in [-0.15, -0.1) is 0 Å². The predicted octanol–water partition coefficient (Wildman–Crippen LogP) is 1.77. The Morgan fingerprint density at radius 2 is 2.00 bits per heavy atom. The summed E-state index contributed by atoms with van der Waals surface area (Å²) in [5, 5.41) is 3.36. The van der Waals surface area contributed by atoms with E-state index in [1.54, 1.807) is 31.4 Å². The second-order valence-corrected chi connectivity index (χ2v) is 8.51. The predicted molar refractivity (Wildman–Crippen MR) is 93.8 cm³/mol. The second kappa shape index (κ2) is 8.29. The van der Waals surface area contributed by atoms with Gasteiger partial charge in [-0.3, -0.25) is 0 Å². The maximum absolute atomic E-state index is 12.5. The van der Waals surface area contributed by atoms with Crippen molar-refractivity contribution in [2.45, 2.75) is 37.1 Å². The molecule has 1 unspecified atom stereocenters. The molecule has 0 bridgehead atoms. The quantitative estimate of drug-likeness (QED) is 0.705. The third kappa shape index (κ3) is 5.17. The molecule has 2 rings (SSSR count). The molecular weight excluding hydrogens is 328 g/mol. The van der Waals surface area contributed by atoms with Gasteiger partial charge >= 0.3 is 0 Å². The fourth-order valence-corrected chi connectivity index (χ4v) is 3.89. The Morgan fingerprint density at radius 1 is 1.29 bits per heavy atom. The zero-order valence-corrected chi connectivity index (χ0v) is 15.5. The molecule has 7 heteroatoms. The molecule has 0 aliphatic carbocycles. The van der Waals surface area contributed by atoms with Crippen LogP contribution in [-0.4, -0.2) is 47.4 Å². The molecule has 0 aromatic heterocycles. The highest BCUT2D eigenvalue weighted by Gasteiger charge is 2.34. The number of hydrogen-bond acceptors (Lipinski definition) is 5. The van der Waals surface area contributed by atoms with Crippen molar-refractivity contribution in [3.8, 4) is 5.75 Å². The summed E-state index contributed by atoms with van der Waals surface area (Å²) in [6, 6.07) is 6.53. The molecule has 1 aliphatic heterocycles. The summed E-state index contributed by atoms with van der Waals surface area (Å²) in [7, 11) is -1.92. The van der Waals surface area contributed by atoms with Crippen molar-refractivity contribution >= 4 is 10.0 Å². The molecule has 0 radical (unpaired) electrons. The molecule has 1 aromatic carbocycles. The third-order valence-electron chi connectivity index (χ3n) is 4.07. The third-order valence-corrected chi connectivity index (χ3v) is 5.49. The zero-order chi connectivity index (χ0) is 17.6. The van der Waals surface area contributed by atoms with Crippen molar-refractivity contribution in [1.29, 1.82) is 0 Å². The van der Waals surface area contributed by atoms with Crippen molar-refractivity contribution in [1.82, 2.24) is 10.0 Å². The largest absolute Gasteiger partial charge is 0.493 e. The van der Waals surface area contributed by atoms with E-state index in [1.807, 2.05) is 0 Å². The maximum Gasteiger partial charge on any atom is 0.240 e. The number of sulfonamides is 1. The van der Waals surface area contributed by atoms with Crippen molar-refractivity contribution < 1.29 is 17.9 Å². The summed E-state index contributed by atoms with van der Waals surface area (Å²) >= 11 is 0. The smallest absolute Gasteiger partial charge is 0.240 e. The first-order valence-electron chi connectivity index (χ1n) is 8.33. The molecule has 1 fully saturated rings. The van der Waals surface area contributed by atoms with E-state index in [-0.39, 0.29) is 10.4 Å². The van der Waals surface area contributed by atoms with Gasteiger partial charge in [0.25, 0.3) is 0 Å². The molecule has 1 aliphatic rings. The molecule has 1 heterocycles. The molecule has 1 saturated heterocycles. The topological polar surface area (TPSA) is 76.7 Å². The Bertz CT molecular complexity index is 608. The summed E-state index contributed by atoms with van der Waals surface area (Å²) in [6.07, 6.45) is 1.91. The van der Waals surface area contributed by atoms with Crippen LogP contribution in [0.25, 0.3) is 0 Å². The molecule has 6 nitrogen and oxygen atoms in total. The highest BCUT2D eigenvalue weighted by molar-refractivity contribution is 7.89. The van der Waals surface area contributed by atoms with Crippen LogP contribution in [0.15, 0.2) is 29.2 Å². The minimum absolute atomic E-state index is 0.241. The van der Waals surface area contributed by atoms with E-state index in [0.717, 1.165) is 19.4 Å². The Kier molecular flexibility index (Phi) is 6.62. The lowest BCUT2D eigenvalue weighted by Crippen LogP contribution is -2.52. The lowest BCUT2D eigenvalue weighted by molar-refractivity contribution is 0.122. The normalized spacial score (nSPS) is 21.3. The lowest BCUT2D eigenvalue weighted by Gasteiger charge is -2.28. The van der Waals surface area contributed by atoms with Gasteiger partial charge in [-0.05, 0) is 49.6 Å². The number of methoxy groups -OCH3 is 1. The number of rotatable bonds is 9. The second-order valence-electron chi connectivity index (χ2n) is 6.74. The molecule has 0 spiro atoms. The summed E-state index contributed by atoms with van der Waals surface area (Å²) in [6.45, 7) is 6.42. The van der Waals surface area contributed by atoms with E-state index in [2.05, 4.69) is 23.9 Å². The van der Waals surface area contributed by atoms with Crippen LogP contribution < -0.4 is 14.8 Å². The van der Waals surface area contributed by atoms with Crippen molar-refractivity contribution in [2.75, 3.05) is 33.4 Å². The Balaban J connectivity index is 1.99. The maximum atomic E-state index is 12.5. The van der Waals surface area contributed by atoms with E-state index < -0.39 is 10.0 Å². The van der Waals surface area contributed by atoms with E-state index in [0.29, 0.717) is 31.4 Å². The average molecular weight is 356 g/mol.